The van der Waals surface area contributed by atoms with Gasteiger partial charge in [0.2, 0.25) is 5.89 Å². The monoisotopic (exact) mass is 747 g/mol. The molecule has 0 radical (unpaired) electrons. The summed E-state index contributed by atoms with van der Waals surface area (Å²) in [5.74, 6) is 0.606. The lowest BCUT2D eigenvalue weighted by atomic mass is 9.97. The second-order valence-corrected chi connectivity index (χ2v) is 15.3. The molecular formula is C52H37N5O. The summed E-state index contributed by atoms with van der Waals surface area (Å²) in [5.41, 5.74) is 9.53. The van der Waals surface area contributed by atoms with Crippen LogP contribution in [0.25, 0.3) is 82.4 Å². The fourth-order valence-corrected chi connectivity index (χ4v) is 9.14. The van der Waals surface area contributed by atoms with Crippen LogP contribution in [0.5, 0.6) is 0 Å². The zero-order valence-electron chi connectivity index (χ0n) is 31.4. The van der Waals surface area contributed by atoms with Crippen LogP contribution in [0.3, 0.4) is 0 Å². The van der Waals surface area contributed by atoms with E-state index in [0.29, 0.717) is 5.89 Å². The molecule has 0 saturated carbocycles. The van der Waals surface area contributed by atoms with E-state index < -0.39 is 0 Å². The molecule has 0 amide bonds. The van der Waals surface area contributed by atoms with Crippen molar-refractivity contribution in [2.45, 2.75) is 18.5 Å². The van der Waals surface area contributed by atoms with E-state index >= 15 is 0 Å². The Bertz CT molecular complexity index is 3290. The molecule has 58 heavy (non-hydrogen) atoms. The van der Waals surface area contributed by atoms with E-state index in [4.69, 9.17) is 9.40 Å². The number of para-hydroxylation sites is 1. The molecule has 12 rings (SSSR count). The highest BCUT2D eigenvalue weighted by Crippen LogP contribution is 2.40. The first-order valence-corrected chi connectivity index (χ1v) is 19.9. The summed E-state index contributed by atoms with van der Waals surface area (Å²) in [7, 11) is 0. The van der Waals surface area contributed by atoms with Crippen molar-refractivity contribution in [1.29, 1.82) is 0 Å². The number of hydrogen-bond acceptors (Lipinski definition) is 5. The third-order valence-corrected chi connectivity index (χ3v) is 11.9. The molecule has 0 spiro atoms. The van der Waals surface area contributed by atoms with E-state index in [2.05, 4.69) is 209 Å². The number of aromatic nitrogens is 2. The molecule has 276 valence electrons. The van der Waals surface area contributed by atoms with Crippen LogP contribution in [0.4, 0.5) is 0 Å². The fraction of sp³-hybridized carbons (Fsp3) is 0.0577. The second kappa shape index (κ2) is 13.3. The van der Waals surface area contributed by atoms with Gasteiger partial charge in [-0.25, -0.2) is 4.98 Å². The summed E-state index contributed by atoms with van der Waals surface area (Å²) < 4.78 is 9.19. The summed E-state index contributed by atoms with van der Waals surface area (Å²) >= 11 is 0. The van der Waals surface area contributed by atoms with Crippen LogP contribution in [-0.4, -0.2) is 9.55 Å². The molecule has 0 bridgehead atoms. The van der Waals surface area contributed by atoms with Crippen LogP contribution >= 0.6 is 0 Å². The van der Waals surface area contributed by atoms with E-state index in [0.717, 1.165) is 55.0 Å². The molecule has 9 aromatic carbocycles. The first-order chi connectivity index (χ1) is 28.7. The van der Waals surface area contributed by atoms with Gasteiger partial charge in [-0.15, -0.1) is 0 Å². The topological polar surface area (TPSA) is 67.0 Å². The van der Waals surface area contributed by atoms with Crippen LogP contribution < -0.4 is 16.0 Å². The molecule has 3 heterocycles. The average molecular weight is 748 g/mol. The van der Waals surface area contributed by atoms with Gasteiger partial charge in [-0.3, -0.25) is 16.0 Å². The predicted octanol–water partition coefficient (Wildman–Crippen LogP) is 12.2. The van der Waals surface area contributed by atoms with Crippen molar-refractivity contribution in [3.05, 3.63) is 205 Å². The van der Waals surface area contributed by atoms with Crippen LogP contribution in [0.2, 0.25) is 0 Å². The van der Waals surface area contributed by atoms with Crippen LogP contribution in [0, 0.1) is 0 Å². The zero-order valence-corrected chi connectivity index (χ0v) is 31.4. The third-order valence-electron chi connectivity index (χ3n) is 11.9. The van der Waals surface area contributed by atoms with Gasteiger partial charge in [0.25, 0.3) is 0 Å². The standard InChI is InChI=1S/C52H37N5O/c1-4-13-34(14-5-1)49-54-50(35-15-6-2-7-16-35)56-51(55-49)37-22-26-41-36(30-37)21-20-33-24-28-43-48(46(33)41)58-52(53-43)38-23-27-42-45(31-38)57(39-17-8-3-9-18-39)44-29-25-32-12-10-11-19-40(32)47(42)44/h1-31,49-51,54-56H. The first-order valence-electron chi connectivity index (χ1n) is 19.9. The van der Waals surface area contributed by atoms with Crippen LogP contribution in [0.15, 0.2) is 192 Å². The Kier molecular flexibility index (Phi) is 7.56. The van der Waals surface area contributed by atoms with E-state index in [1.807, 2.05) is 0 Å². The van der Waals surface area contributed by atoms with Crippen molar-refractivity contribution < 1.29 is 4.42 Å². The molecule has 11 aromatic rings. The highest BCUT2D eigenvalue weighted by molar-refractivity contribution is 6.22. The number of oxazole rings is 1. The summed E-state index contributed by atoms with van der Waals surface area (Å²) in [6.07, 6.45) is -0.168. The smallest absolute Gasteiger partial charge is 0.227 e. The number of nitrogens with one attached hydrogen (secondary N) is 3. The third kappa shape index (κ3) is 5.35. The second-order valence-electron chi connectivity index (χ2n) is 15.3. The van der Waals surface area contributed by atoms with E-state index in [9.17, 15) is 0 Å². The maximum atomic E-state index is 6.83. The quantitative estimate of drug-likeness (QED) is 0.153. The van der Waals surface area contributed by atoms with Crippen molar-refractivity contribution in [2.75, 3.05) is 0 Å². The van der Waals surface area contributed by atoms with Gasteiger partial charge in [-0.1, -0.05) is 146 Å². The molecule has 3 N–H and O–H groups in total. The van der Waals surface area contributed by atoms with Gasteiger partial charge < -0.3 is 8.98 Å². The predicted molar refractivity (Wildman–Crippen MR) is 237 cm³/mol. The van der Waals surface area contributed by atoms with E-state index in [-0.39, 0.29) is 18.5 Å². The Labute approximate surface area is 334 Å². The minimum atomic E-state index is -0.0937. The molecule has 1 fully saturated rings. The summed E-state index contributed by atoms with van der Waals surface area (Å²) in [5, 5.41) is 20.8. The summed E-state index contributed by atoms with van der Waals surface area (Å²) in [6.45, 7) is 0. The number of hydrogen-bond donors (Lipinski definition) is 3. The van der Waals surface area contributed by atoms with Gasteiger partial charge in [0.05, 0.1) is 29.5 Å². The molecule has 2 atom stereocenters. The van der Waals surface area contributed by atoms with Crippen molar-refractivity contribution >= 4 is 65.2 Å². The molecule has 1 aliphatic rings. The molecule has 6 heteroatoms. The molecule has 2 unspecified atom stereocenters. The van der Waals surface area contributed by atoms with Crippen molar-refractivity contribution in [2.24, 2.45) is 0 Å². The SMILES string of the molecule is c1ccc(C2NC(c3ccccc3)NC(c3ccc4c(ccc5ccc6nc(-c7ccc8c9c%10ccccc%10ccc9n(-c9ccccc9)c8c7)oc6c54)c3)N2)cc1. The molecule has 0 aliphatic carbocycles. The Hall–Kier alpha value is -7.09. The van der Waals surface area contributed by atoms with Gasteiger partial charge in [0.15, 0.2) is 5.58 Å². The Morgan fingerprint density at radius 1 is 0.431 bits per heavy atom. The van der Waals surface area contributed by atoms with Gasteiger partial charge >= 0.3 is 0 Å². The van der Waals surface area contributed by atoms with Crippen molar-refractivity contribution in [1.82, 2.24) is 25.5 Å². The number of rotatable bonds is 5. The number of nitrogens with zero attached hydrogens (tertiary/aromatic N) is 2. The Morgan fingerprint density at radius 2 is 1.03 bits per heavy atom. The van der Waals surface area contributed by atoms with Crippen molar-refractivity contribution in [3.8, 4) is 17.1 Å². The molecule has 6 nitrogen and oxygen atoms in total. The summed E-state index contributed by atoms with van der Waals surface area (Å²) in [4.78, 5) is 5.12. The zero-order chi connectivity index (χ0) is 38.2. The van der Waals surface area contributed by atoms with E-state index in [1.54, 1.807) is 0 Å². The first kappa shape index (κ1) is 33.1. The minimum absolute atomic E-state index is 0.0373. The average Bonchev–Trinajstić information content (AvgIpc) is 3.89. The molecule has 1 saturated heterocycles. The summed E-state index contributed by atoms with van der Waals surface area (Å²) in [6, 6.07) is 66.9. The number of fused-ring (bicyclic) bond motifs is 10. The van der Waals surface area contributed by atoms with Gasteiger partial charge in [0.1, 0.15) is 5.52 Å². The Balaban J connectivity index is 0.972. The van der Waals surface area contributed by atoms with E-state index in [1.165, 1.54) is 38.2 Å². The number of benzene rings is 9. The van der Waals surface area contributed by atoms with Gasteiger partial charge in [0, 0.05) is 27.4 Å². The minimum Gasteiger partial charge on any atom is -0.435 e. The largest absolute Gasteiger partial charge is 0.435 e. The van der Waals surface area contributed by atoms with Crippen LogP contribution in [0.1, 0.15) is 35.2 Å². The highest BCUT2D eigenvalue weighted by atomic mass is 16.3. The lowest BCUT2D eigenvalue weighted by molar-refractivity contribution is 0.203. The molecule has 2 aromatic heterocycles. The van der Waals surface area contributed by atoms with Crippen LogP contribution in [-0.2, 0) is 0 Å². The molecule has 1 aliphatic heterocycles. The lowest BCUT2D eigenvalue weighted by Crippen LogP contribution is -2.54. The fourth-order valence-electron chi connectivity index (χ4n) is 9.14. The molecular weight excluding hydrogens is 711 g/mol. The van der Waals surface area contributed by atoms with Crippen molar-refractivity contribution in [3.63, 3.8) is 0 Å². The normalized spacial score (nSPS) is 17.3. The lowest BCUT2D eigenvalue weighted by Gasteiger charge is -2.39. The van der Waals surface area contributed by atoms with Gasteiger partial charge in [-0.2, -0.15) is 0 Å². The maximum absolute atomic E-state index is 6.83. The maximum Gasteiger partial charge on any atom is 0.227 e. The highest BCUT2D eigenvalue weighted by Gasteiger charge is 2.30. The van der Waals surface area contributed by atoms with Gasteiger partial charge in [-0.05, 0) is 86.1 Å². The Morgan fingerprint density at radius 3 is 1.79 bits per heavy atom.